The van der Waals surface area contributed by atoms with Gasteiger partial charge in [0, 0.05) is 56.7 Å². The summed E-state index contributed by atoms with van der Waals surface area (Å²) in [6.45, 7) is 2.91. The van der Waals surface area contributed by atoms with Crippen LogP contribution >= 0.6 is 0 Å². The molecule has 32 heavy (non-hydrogen) atoms. The Morgan fingerprint density at radius 3 is 1.97 bits per heavy atom. The number of rotatable bonds is 5. The number of carbonyl (C=O) groups is 2. The summed E-state index contributed by atoms with van der Waals surface area (Å²) in [4.78, 5) is 31.0. The van der Waals surface area contributed by atoms with Gasteiger partial charge in [-0.25, -0.2) is 4.79 Å². The first kappa shape index (κ1) is 21.4. The minimum atomic E-state index is -0.137. The second-order valence-electron chi connectivity index (χ2n) is 7.96. The Hall–Kier alpha value is -3.80. The lowest BCUT2D eigenvalue weighted by Crippen LogP contribution is -2.51. The number of urea groups is 1. The number of nitrogens with one attached hydrogen (secondary N) is 1. The summed E-state index contributed by atoms with van der Waals surface area (Å²) in [7, 11) is 2.05. The lowest BCUT2D eigenvalue weighted by Gasteiger charge is -2.34. The fraction of sp³-hybridized carbons (Fsp3) is 0.231. The molecule has 1 saturated heterocycles. The molecule has 0 atom stereocenters. The van der Waals surface area contributed by atoms with Gasteiger partial charge in [-0.15, -0.1) is 0 Å². The molecule has 1 fully saturated rings. The first-order valence-corrected chi connectivity index (χ1v) is 10.9. The van der Waals surface area contributed by atoms with Crippen molar-refractivity contribution in [3.8, 4) is 0 Å². The second-order valence-corrected chi connectivity index (χ2v) is 7.96. The SMILES string of the molecule is CN(Cc1ccccc1)c1ccc(NC(=O)N2CCN(C(=O)c3ccccc3)CC2)cc1. The quantitative estimate of drug-likeness (QED) is 0.659. The third-order valence-electron chi connectivity index (χ3n) is 5.70. The van der Waals surface area contributed by atoms with Gasteiger partial charge >= 0.3 is 6.03 Å². The van der Waals surface area contributed by atoms with Crippen LogP contribution < -0.4 is 10.2 Å². The van der Waals surface area contributed by atoms with Gasteiger partial charge in [0.1, 0.15) is 0 Å². The number of hydrogen-bond acceptors (Lipinski definition) is 3. The molecule has 0 saturated carbocycles. The fourth-order valence-corrected chi connectivity index (χ4v) is 3.83. The van der Waals surface area contributed by atoms with Gasteiger partial charge in [-0.2, -0.15) is 0 Å². The van der Waals surface area contributed by atoms with E-state index in [0.717, 1.165) is 17.9 Å². The molecule has 1 aliphatic heterocycles. The molecule has 0 spiro atoms. The molecule has 1 aliphatic rings. The van der Waals surface area contributed by atoms with Crippen LogP contribution in [-0.2, 0) is 6.54 Å². The first-order valence-electron chi connectivity index (χ1n) is 10.9. The monoisotopic (exact) mass is 428 g/mol. The molecular formula is C26H28N4O2. The maximum absolute atomic E-state index is 12.7. The Labute approximate surface area is 189 Å². The van der Waals surface area contributed by atoms with Gasteiger partial charge in [0.15, 0.2) is 0 Å². The number of nitrogens with zero attached hydrogens (tertiary/aromatic N) is 3. The van der Waals surface area contributed by atoms with Gasteiger partial charge in [0.25, 0.3) is 5.91 Å². The summed E-state index contributed by atoms with van der Waals surface area (Å²) < 4.78 is 0. The summed E-state index contributed by atoms with van der Waals surface area (Å²) in [5, 5.41) is 2.97. The molecule has 0 aliphatic carbocycles. The van der Waals surface area contributed by atoms with Crippen LogP contribution in [0.5, 0.6) is 0 Å². The highest BCUT2D eigenvalue weighted by Crippen LogP contribution is 2.19. The minimum Gasteiger partial charge on any atom is -0.370 e. The highest BCUT2D eigenvalue weighted by molar-refractivity contribution is 5.94. The normalized spacial score (nSPS) is 13.5. The zero-order chi connectivity index (χ0) is 22.3. The van der Waals surface area contributed by atoms with Gasteiger partial charge in [0.2, 0.25) is 0 Å². The number of carbonyl (C=O) groups excluding carboxylic acids is 2. The van der Waals surface area contributed by atoms with E-state index in [-0.39, 0.29) is 11.9 Å². The maximum Gasteiger partial charge on any atom is 0.321 e. The van der Waals surface area contributed by atoms with Crippen molar-refractivity contribution in [2.75, 3.05) is 43.4 Å². The fourth-order valence-electron chi connectivity index (χ4n) is 3.83. The molecule has 4 rings (SSSR count). The Kier molecular flexibility index (Phi) is 6.70. The predicted molar refractivity (Wildman–Crippen MR) is 128 cm³/mol. The summed E-state index contributed by atoms with van der Waals surface area (Å²) in [6.07, 6.45) is 0. The molecule has 6 nitrogen and oxygen atoms in total. The van der Waals surface area contributed by atoms with Gasteiger partial charge in [0.05, 0.1) is 0 Å². The third kappa shape index (κ3) is 5.27. The maximum atomic E-state index is 12.7. The molecule has 0 radical (unpaired) electrons. The highest BCUT2D eigenvalue weighted by atomic mass is 16.2. The number of anilines is 2. The predicted octanol–water partition coefficient (Wildman–Crippen LogP) is 4.31. The smallest absolute Gasteiger partial charge is 0.321 e. The van der Waals surface area contributed by atoms with Crippen LogP contribution in [0.1, 0.15) is 15.9 Å². The van der Waals surface area contributed by atoms with E-state index in [1.165, 1.54) is 5.56 Å². The average Bonchev–Trinajstić information content (AvgIpc) is 2.85. The molecule has 0 bridgehead atoms. The van der Waals surface area contributed by atoms with Crippen LogP contribution in [0.25, 0.3) is 0 Å². The molecule has 3 amide bonds. The Morgan fingerprint density at radius 1 is 0.781 bits per heavy atom. The van der Waals surface area contributed by atoms with E-state index in [2.05, 4.69) is 29.4 Å². The number of benzene rings is 3. The van der Waals surface area contributed by atoms with E-state index >= 15 is 0 Å². The summed E-state index contributed by atoms with van der Waals surface area (Å²) >= 11 is 0. The Bertz CT molecular complexity index is 1030. The van der Waals surface area contributed by atoms with Crippen molar-refractivity contribution >= 4 is 23.3 Å². The van der Waals surface area contributed by atoms with Crippen LogP contribution in [-0.4, -0.2) is 55.0 Å². The van der Waals surface area contributed by atoms with E-state index < -0.39 is 0 Å². The van der Waals surface area contributed by atoms with Crippen molar-refractivity contribution in [2.24, 2.45) is 0 Å². The Balaban J connectivity index is 1.27. The molecule has 3 aromatic carbocycles. The van der Waals surface area contributed by atoms with Crippen LogP contribution in [0.15, 0.2) is 84.9 Å². The molecule has 6 heteroatoms. The van der Waals surface area contributed by atoms with E-state index in [9.17, 15) is 9.59 Å². The zero-order valence-electron chi connectivity index (χ0n) is 18.3. The second kappa shape index (κ2) is 10.0. The van der Waals surface area contributed by atoms with Gasteiger partial charge in [-0.1, -0.05) is 48.5 Å². The summed E-state index contributed by atoms with van der Waals surface area (Å²) in [5.41, 5.74) is 3.77. The zero-order valence-corrected chi connectivity index (χ0v) is 18.3. The topological polar surface area (TPSA) is 55.9 Å². The van der Waals surface area contributed by atoms with Crippen LogP contribution in [0.3, 0.4) is 0 Å². The molecule has 3 aromatic rings. The number of hydrogen-bond donors (Lipinski definition) is 1. The Morgan fingerprint density at radius 2 is 1.34 bits per heavy atom. The summed E-state index contributed by atoms with van der Waals surface area (Å²) in [6, 6.07) is 27.3. The van der Waals surface area contributed by atoms with E-state index in [1.807, 2.05) is 72.8 Å². The largest absolute Gasteiger partial charge is 0.370 e. The van der Waals surface area contributed by atoms with Crippen molar-refractivity contribution in [1.29, 1.82) is 0 Å². The molecular weight excluding hydrogens is 400 g/mol. The lowest BCUT2D eigenvalue weighted by molar-refractivity contribution is 0.0671. The van der Waals surface area contributed by atoms with E-state index in [4.69, 9.17) is 0 Å². The van der Waals surface area contributed by atoms with Crippen molar-refractivity contribution in [1.82, 2.24) is 9.80 Å². The average molecular weight is 429 g/mol. The highest BCUT2D eigenvalue weighted by Gasteiger charge is 2.24. The standard InChI is InChI=1S/C26H28N4O2/c1-28(20-21-8-4-2-5-9-21)24-14-12-23(13-15-24)27-26(32)30-18-16-29(17-19-30)25(31)22-10-6-3-7-11-22/h2-15H,16-20H2,1H3,(H,27,32). The minimum absolute atomic E-state index is 0.0147. The third-order valence-corrected chi connectivity index (χ3v) is 5.70. The molecule has 0 unspecified atom stereocenters. The lowest BCUT2D eigenvalue weighted by atomic mass is 10.2. The van der Waals surface area contributed by atoms with Crippen LogP contribution in [0.2, 0.25) is 0 Å². The van der Waals surface area contributed by atoms with Gasteiger partial charge < -0.3 is 20.0 Å². The van der Waals surface area contributed by atoms with Crippen LogP contribution in [0.4, 0.5) is 16.2 Å². The van der Waals surface area contributed by atoms with Gasteiger partial charge in [-0.05, 0) is 42.0 Å². The van der Waals surface area contributed by atoms with Crippen LogP contribution in [0, 0.1) is 0 Å². The van der Waals surface area contributed by atoms with E-state index in [0.29, 0.717) is 31.7 Å². The van der Waals surface area contributed by atoms with Crippen molar-refractivity contribution in [3.05, 3.63) is 96.1 Å². The van der Waals surface area contributed by atoms with Crippen molar-refractivity contribution < 1.29 is 9.59 Å². The number of piperazine rings is 1. The van der Waals surface area contributed by atoms with E-state index in [1.54, 1.807) is 9.80 Å². The van der Waals surface area contributed by atoms with Gasteiger partial charge in [-0.3, -0.25) is 4.79 Å². The molecule has 0 aromatic heterocycles. The number of amides is 3. The molecule has 1 heterocycles. The van der Waals surface area contributed by atoms with Crippen molar-refractivity contribution in [2.45, 2.75) is 6.54 Å². The first-order chi connectivity index (χ1) is 15.6. The molecule has 1 N–H and O–H groups in total. The molecule has 164 valence electrons. The summed E-state index contributed by atoms with van der Waals surface area (Å²) in [5.74, 6) is 0.0147. The van der Waals surface area contributed by atoms with Crippen molar-refractivity contribution in [3.63, 3.8) is 0 Å².